The van der Waals surface area contributed by atoms with Gasteiger partial charge in [0.15, 0.2) is 0 Å². The first-order valence-corrected chi connectivity index (χ1v) is 5.38. The van der Waals surface area contributed by atoms with Crippen molar-refractivity contribution in [3.63, 3.8) is 0 Å². The Labute approximate surface area is 96.9 Å². The number of aromatic nitrogens is 1. The fourth-order valence-corrected chi connectivity index (χ4v) is 1.83. The zero-order valence-electron chi connectivity index (χ0n) is 10.3. The molecule has 1 heterocycles. The summed E-state index contributed by atoms with van der Waals surface area (Å²) in [6.45, 7) is 6.15. The molecule has 4 N–H and O–H groups in total. The first-order chi connectivity index (χ1) is 7.60. The van der Waals surface area contributed by atoms with Gasteiger partial charge in [-0.3, -0.25) is 10.8 Å². The summed E-state index contributed by atoms with van der Waals surface area (Å²) in [4.78, 5) is 4.46. The van der Waals surface area contributed by atoms with Crippen molar-refractivity contribution >= 4 is 0 Å². The minimum Gasteiger partial charge on any atom is -0.390 e. The maximum Gasteiger partial charge on any atom is 0.0414 e. The fraction of sp³-hybridized carbons (Fsp3) is 0.417. The second kappa shape index (κ2) is 5.51. The van der Waals surface area contributed by atoms with E-state index in [4.69, 9.17) is 5.84 Å². The number of hydrogen-bond donors (Lipinski definition) is 3. The van der Waals surface area contributed by atoms with Gasteiger partial charge in [-0.25, -0.2) is 0 Å². The van der Waals surface area contributed by atoms with E-state index in [2.05, 4.69) is 28.7 Å². The van der Waals surface area contributed by atoms with Gasteiger partial charge < -0.3 is 10.7 Å². The first-order valence-electron chi connectivity index (χ1n) is 5.38. The van der Waals surface area contributed by atoms with E-state index in [9.17, 15) is 0 Å². The van der Waals surface area contributed by atoms with Gasteiger partial charge in [-0.1, -0.05) is 13.0 Å². The van der Waals surface area contributed by atoms with Crippen molar-refractivity contribution in [2.45, 2.75) is 26.7 Å². The molecule has 0 aliphatic heterocycles. The zero-order valence-corrected chi connectivity index (χ0v) is 10.3. The molecule has 4 nitrogen and oxygen atoms in total. The second-order valence-corrected chi connectivity index (χ2v) is 3.87. The highest BCUT2D eigenvalue weighted by atomic mass is 15.2. The quantitative estimate of drug-likeness (QED) is 0.529. The summed E-state index contributed by atoms with van der Waals surface area (Å²) in [6.07, 6.45) is 1.77. The van der Waals surface area contributed by atoms with Crippen molar-refractivity contribution in [3.8, 4) is 0 Å². The van der Waals surface area contributed by atoms with Gasteiger partial charge in [0.2, 0.25) is 0 Å². The summed E-state index contributed by atoms with van der Waals surface area (Å²) in [5, 5.41) is 3.13. The molecule has 0 aromatic carbocycles. The second-order valence-electron chi connectivity index (χ2n) is 3.87. The molecule has 88 valence electrons. The Balaban J connectivity index is 3.03. The molecule has 4 heteroatoms. The summed E-state index contributed by atoms with van der Waals surface area (Å²) in [6, 6.07) is 4.14. The van der Waals surface area contributed by atoms with Gasteiger partial charge in [-0.2, -0.15) is 0 Å². The molecule has 0 saturated heterocycles. The highest BCUT2D eigenvalue weighted by molar-refractivity contribution is 5.31. The van der Waals surface area contributed by atoms with E-state index >= 15 is 0 Å². The molecule has 1 rings (SSSR count). The van der Waals surface area contributed by atoms with Gasteiger partial charge in [-0.15, -0.1) is 0 Å². The van der Waals surface area contributed by atoms with Gasteiger partial charge in [0, 0.05) is 36.3 Å². The van der Waals surface area contributed by atoms with Gasteiger partial charge in [0.25, 0.3) is 0 Å². The SMILES string of the molecule is CN/C(=C\NN)C(C)c1ccc(C)nc1C. The topological polar surface area (TPSA) is 63.0 Å². The summed E-state index contributed by atoms with van der Waals surface area (Å²) in [7, 11) is 1.89. The number of aryl methyl sites for hydroxylation is 2. The molecule has 1 aromatic heterocycles. The van der Waals surface area contributed by atoms with E-state index in [1.807, 2.05) is 27.0 Å². The monoisotopic (exact) mass is 220 g/mol. The number of allylic oxidation sites excluding steroid dienone is 1. The lowest BCUT2D eigenvalue weighted by atomic mass is 9.96. The molecule has 0 radical (unpaired) electrons. The number of pyridine rings is 1. The van der Waals surface area contributed by atoms with Crippen molar-refractivity contribution in [2.24, 2.45) is 5.84 Å². The van der Waals surface area contributed by atoms with Crippen LogP contribution < -0.4 is 16.6 Å². The predicted octanol–water partition coefficient (Wildman–Crippen LogP) is 1.33. The smallest absolute Gasteiger partial charge is 0.0414 e. The van der Waals surface area contributed by atoms with Gasteiger partial charge in [0.05, 0.1) is 0 Å². The predicted molar refractivity (Wildman–Crippen MR) is 66.6 cm³/mol. The van der Waals surface area contributed by atoms with Crippen LogP contribution in [0.5, 0.6) is 0 Å². The van der Waals surface area contributed by atoms with Crippen molar-refractivity contribution in [3.05, 3.63) is 41.0 Å². The molecule has 0 aliphatic carbocycles. The van der Waals surface area contributed by atoms with Crippen LogP contribution in [-0.2, 0) is 0 Å². The molecule has 0 fully saturated rings. The number of nitrogens with zero attached hydrogens (tertiary/aromatic N) is 1. The molecule has 1 aromatic rings. The minimum absolute atomic E-state index is 0.245. The Morgan fingerprint density at radius 3 is 2.62 bits per heavy atom. The third kappa shape index (κ3) is 2.73. The lowest BCUT2D eigenvalue weighted by Gasteiger charge is -2.18. The first kappa shape index (κ1) is 12.5. The van der Waals surface area contributed by atoms with Crippen LogP contribution >= 0.6 is 0 Å². The van der Waals surface area contributed by atoms with Crippen LogP contribution in [0.2, 0.25) is 0 Å². The molecule has 0 aliphatic rings. The van der Waals surface area contributed by atoms with Crippen LogP contribution in [-0.4, -0.2) is 12.0 Å². The van der Waals surface area contributed by atoms with E-state index in [1.54, 1.807) is 6.20 Å². The average molecular weight is 220 g/mol. The minimum atomic E-state index is 0.245. The van der Waals surface area contributed by atoms with Gasteiger partial charge in [-0.05, 0) is 25.5 Å². The maximum atomic E-state index is 5.30. The van der Waals surface area contributed by atoms with Crippen LogP contribution in [0.1, 0.15) is 29.8 Å². The van der Waals surface area contributed by atoms with Gasteiger partial charge >= 0.3 is 0 Å². The largest absolute Gasteiger partial charge is 0.390 e. The molecular weight excluding hydrogens is 200 g/mol. The molecule has 1 atom stereocenters. The van der Waals surface area contributed by atoms with Crippen molar-refractivity contribution in [1.82, 2.24) is 15.7 Å². The number of hydrazine groups is 1. The molecule has 1 unspecified atom stereocenters. The molecular formula is C12H20N4. The average Bonchev–Trinajstić information content (AvgIpc) is 2.25. The normalized spacial score (nSPS) is 13.4. The Morgan fingerprint density at radius 2 is 2.12 bits per heavy atom. The molecule has 16 heavy (non-hydrogen) atoms. The van der Waals surface area contributed by atoms with Crippen LogP contribution in [0.25, 0.3) is 0 Å². The van der Waals surface area contributed by atoms with E-state index in [0.29, 0.717) is 0 Å². The highest BCUT2D eigenvalue weighted by Crippen LogP contribution is 2.23. The highest BCUT2D eigenvalue weighted by Gasteiger charge is 2.13. The van der Waals surface area contributed by atoms with Crippen molar-refractivity contribution in [1.29, 1.82) is 0 Å². The van der Waals surface area contributed by atoms with E-state index in [0.717, 1.165) is 17.1 Å². The number of likely N-dealkylation sites (N-methyl/N-ethyl adjacent to an activating group) is 1. The Bertz CT molecular complexity index is 385. The van der Waals surface area contributed by atoms with Crippen molar-refractivity contribution in [2.75, 3.05) is 7.05 Å². The Hall–Kier alpha value is -1.55. The molecule has 0 amide bonds. The van der Waals surface area contributed by atoms with E-state index in [-0.39, 0.29) is 5.92 Å². The lowest BCUT2D eigenvalue weighted by molar-refractivity contribution is 0.756. The summed E-state index contributed by atoms with van der Waals surface area (Å²) < 4.78 is 0. The van der Waals surface area contributed by atoms with Gasteiger partial charge in [0.1, 0.15) is 0 Å². The summed E-state index contributed by atoms with van der Waals surface area (Å²) >= 11 is 0. The zero-order chi connectivity index (χ0) is 12.1. The Kier molecular flexibility index (Phi) is 4.31. The molecule has 0 spiro atoms. The number of hydrogen-bond acceptors (Lipinski definition) is 4. The number of rotatable bonds is 4. The summed E-state index contributed by atoms with van der Waals surface area (Å²) in [5.74, 6) is 5.55. The van der Waals surface area contributed by atoms with Crippen LogP contribution in [0.4, 0.5) is 0 Å². The van der Waals surface area contributed by atoms with Crippen LogP contribution in [0, 0.1) is 13.8 Å². The van der Waals surface area contributed by atoms with Crippen LogP contribution in [0.15, 0.2) is 24.0 Å². The lowest BCUT2D eigenvalue weighted by Crippen LogP contribution is -2.21. The number of nitrogens with two attached hydrogens (primary N) is 1. The summed E-state index contributed by atoms with van der Waals surface area (Å²) in [5.41, 5.74) is 6.91. The molecule has 0 bridgehead atoms. The third-order valence-electron chi connectivity index (χ3n) is 2.73. The fourth-order valence-electron chi connectivity index (χ4n) is 1.83. The molecule has 0 saturated carbocycles. The number of nitrogens with one attached hydrogen (secondary N) is 2. The Morgan fingerprint density at radius 1 is 1.44 bits per heavy atom. The van der Waals surface area contributed by atoms with E-state index < -0.39 is 0 Å². The third-order valence-corrected chi connectivity index (χ3v) is 2.73. The standard InChI is InChI=1S/C12H20N4/c1-8-5-6-11(10(3)16-8)9(2)12(14-4)7-15-13/h5-7,9,14-15H,13H2,1-4H3/b12-7-. The van der Waals surface area contributed by atoms with E-state index in [1.165, 1.54) is 5.56 Å². The van der Waals surface area contributed by atoms with Crippen LogP contribution in [0.3, 0.4) is 0 Å². The maximum absolute atomic E-state index is 5.30. The van der Waals surface area contributed by atoms with Crippen molar-refractivity contribution < 1.29 is 0 Å².